The first kappa shape index (κ1) is 18.6. The lowest BCUT2D eigenvalue weighted by atomic mass is 10.1. The van der Waals surface area contributed by atoms with Crippen LogP contribution in [-0.4, -0.2) is 37.2 Å². The highest BCUT2D eigenvalue weighted by Gasteiger charge is 2.13. The second kappa shape index (κ2) is 8.96. The van der Waals surface area contributed by atoms with E-state index in [0.717, 1.165) is 24.5 Å². The van der Waals surface area contributed by atoms with E-state index in [2.05, 4.69) is 15.2 Å². The number of benzene rings is 1. The average Bonchev–Trinajstić information content (AvgIpc) is 2.66. The molecule has 3 rings (SSSR count). The van der Waals surface area contributed by atoms with E-state index in [0.29, 0.717) is 36.6 Å². The van der Waals surface area contributed by atoms with Gasteiger partial charge in [0.1, 0.15) is 11.6 Å². The van der Waals surface area contributed by atoms with Gasteiger partial charge in [0, 0.05) is 37.3 Å². The van der Waals surface area contributed by atoms with Gasteiger partial charge in [-0.2, -0.15) is 0 Å². The minimum atomic E-state index is -0.390. The number of carbonyl (C=O) groups is 1. The molecule has 0 saturated carbocycles. The van der Waals surface area contributed by atoms with Crippen molar-refractivity contribution in [2.45, 2.75) is 19.4 Å². The van der Waals surface area contributed by atoms with Gasteiger partial charge in [0.2, 0.25) is 5.91 Å². The van der Waals surface area contributed by atoms with Crippen LogP contribution in [-0.2, 0) is 22.5 Å². The molecule has 26 heavy (non-hydrogen) atoms. The first-order valence-corrected chi connectivity index (χ1v) is 8.98. The molecular formula is C19H21ClFN3O2. The molecule has 5 nitrogen and oxygen atoms in total. The topological polar surface area (TPSA) is 54.5 Å². The van der Waals surface area contributed by atoms with Crippen LogP contribution >= 0.6 is 11.6 Å². The molecule has 1 saturated heterocycles. The van der Waals surface area contributed by atoms with E-state index in [1.165, 1.54) is 12.1 Å². The summed E-state index contributed by atoms with van der Waals surface area (Å²) in [5.41, 5.74) is 1.76. The highest BCUT2D eigenvalue weighted by atomic mass is 35.5. The minimum Gasteiger partial charge on any atom is -0.378 e. The van der Waals surface area contributed by atoms with Gasteiger partial charge in [0.05, 0.1) is 13.2 Å². The molecule has 2 aromatic rings. The number of ether oxygens (including phenoxy) is 1. The van der Waals surface area contributed by atoms with E-state index < -0.39 is 0 Å². The van der Waals surface area contributed by atoms with Crippen molar-refractivity contribution in [1.82, 2.24) is 10.3 Å². The maximum absolute atomic E-state index is 13.0. The third-order valence-electron chi connectivity index (χ3n) is 4.28. The predicted molar refractivity (Wildman–Crippen MR) is 98.8 cm³/mol. The number of nitrogens with one attached hydrogen (secondary N) is 1. The summed E-state index contributed by atoms with van der Waals surface area (Å²) in [6.45, 7) is 3.36. The standard InChI is InChI=1S/C19H21ClFN3O2/c20-17-12-16(21)3-2-15(17)13-23-19(25)4-1-14-5-6-22-18(11-14)24-7-9-26-10-8-24/h2-3,5-6,11-12H,1,4,7-10,13H2,(H,23,25). The van der Waals surface area contributed by atoms with Crippen LogP contribution in [0.4, 0.5) is 10.2 Å². The molecule has 0 unspecified atom stereocenters. The number of morpholine rings is 1. The number of aromatic nitrogens is 1. The summed E-state index contributed by atoms with van der Waals surface area (Å²) in [5.74, 6) is 0.457. The van der Waals surface area contributed by atoms with Gasteiger partial charge in [0.15, 0.2) is 0 Å². The Kier molecular flexibility index (Phi) is 6.41. The molecule has 0 radical (unpaired) electrons. The lowest BCUT2D eigenvalue weighted by molar-refractivity contribution is -0.121. The summed E-state index contributed by atoms with van der Waals surface area (Å²) < 4.78 is 18.4. The van der Waals surface area contributed by atoms with Crippen LogP contribution in [0.2, 0.25) is 5.02 Å². The number of halogens is 2. The zero-order chi connectivity index (χ0) is 18.4. The third-order valence-corrected chi connectivity index (χ3v) is 4.63. The number of anilines is 1. The van der Waals surface area contributed by atoms with Crippen LogP contribution in [0.3, 0.4) is 0 Å². The molecule has 0 spiro atoms. The molecule has 0 bridgehead atoms. The van der Waals surface area contributed by atoms with Gasteiger partial charge in [-0.25, -0.2) is 9.37 Å². The Hall–Kier alpha value is -2.18. The van der Waals surface area contributed by atoms with Crippen molar-refractivity contribution >= 4 is 23.3 Å². The molecule has 1 aliphatic heterocycles. The van der Waals surface area contributed by atoms with Crippen molar-refractivity contribution in [1.29, 1.82) is 0 Å². The maximum atomic E-state index is 13.0. The normalized spacial score (nSPS) is 14.3. The Morgan fingerprint density at radius 2 is 2.08 bits per heavy atom. The molecule has 2 heterocycles. The van der Waals surface area contributed by atoms with E-state index in [1.807, 2.05) is 12.1 Å². The predicted octanol–water partition coefficient (Wildman–Crippen LogP) is 2.96. The summed E-state index contributed by atoms with van der Waals surface area (Å²) in [4.78, 5) is 18.7. The summed E-state index contributed by atoms with van der Waals surface area (Å²) in [5, 5.41) is 3.13. The summed E-state index contributed by atoms with van der Waals surface area (Å²) in [6.07, 6.45) is 2.77. The van der Waals surface area contributed by atoms with Crippen LogP contribution in [0.1, 0.15) is 17.5 Å². The number of hydrogen-bond donors (Lipinski definition) is 1. The summed E-state index contributed by atoms with van der Waals surface area (Å²) >= 11 is 5.97. The first-order valence-electron chi connectivity index (χ1n) is 8.60. The van der Waals surface area contributed by atoms with E-state index in [9.17, 15) is 9.18 Å². The largest absolute Gasteiger partial charge is 0.378 e. The van der Waals surface area contributed by atoms with Gasteiger partial charge in [-0.05, 0) is 41.8 Å². The van der Waals surface area contributed by atoms with E-state index >= 15 is 0 Å². The fraction of sp³-hybridized carbons (Fsp3) is 0.368. The van der Waals surface area contributed by atoms with Gasteiger partial charge in [-0.3, -0.25) is 4.79 Å². The fourth-order valence-electron chi connectivity index (χ4n) is 2.79. The first-order chi connectivity index (χ1) is 12.6. The van der Waals surface area contributed by atoms with Crippen molar-refractivity contribution in [3.05, 3.63) is 58.5 Å². The van der Waals surface area contributed by atoms with Crippen LogP contribution < -0.4 is 10.2 Å². The van der Waals surface area contributed by atoms with Crippen molar-refractivity contribution in [2.24, 2.45) is 0 Å². The molecule has 138 valence electrons. The molecule has 1 aromatic carbocycles. The highest BCUT2D eigenvalue weighted by molar-refractivity contribution is 6.31. The average molecular weight is 378 g/mol. The molecular weight excluding hydrogens is 357 g/mol. The Bertz CT molecular complexity index is 766. The quantitative estimate of drug-likeness (QED) is 0.841. The van der Waals surface area contributed by atoms with Crippen LogP contribution in [0.5, 0.6) is 0 Å². The smallest absolute Gasteiger partial charge is 0.220 e. The molecule has 1 N–H and O–H groups in total. The van der Waals surface area contributed by atoms with E-state index in [1.54, 1.807) is 12.3 Å². The second-order valence-electron chi connectivity index (χ2n) is 6.13. The number of carbonyl (C=O) groups excluding carboxylic acids is 1. The number of nitrogens with zero attached hydrogens (tertiary/aromatic N) is 2. The highest BCUT2D eigenvalue weighted by Crippen LogP contribution is 2.17. The number of aryl methyl sites for hydroxylation is 1. The monoisotopic (exact) mass is 377 g/mol. The summed E-state index contributed by atoms with van der Waals surface area (Å²) in [6, 6.07) is 8.10. The number of hydrogen-bond acceptors (Lipinski definition) is 4. The Balaban J connectivity index is 1.49. The van der Waals surface area contributed by atoms with Crippen LogP contribution in [0.25, 0.3) is 0 Å². The Morgan fingerprint density at radius 3 is 2.85 bits per heavy atom. The van der Waals surface area contributed by atoms with Gasteiger partial charge in [-0.1, -0.05) is 17.7 Å². The zero-order valence-electron chi connectivity index (χ0n) is 14.4. The molecule has 7 heteroatoms. The lowest BCUT2D eigenvalue weighted by Gasteiger charge is -2.28. The van der Waals surface area contributed by atoms with Gasteiger partial charge in [-0.15, -0.1) is 0 Å². The van der Waals surface area contributed by atoms with Gasteiger partial charge in [0.25, 0.3) is 0 Å². The fourth-order valence-corrected chi connectivity index (χ4v) is 3.02. The lowest BCUT2D eigenvalue weighted by Crippen LogP contribution is -2.36. The van der Waals surface area contributed by atoms with E-state index in [4.69, 9.17) is 16.3 Å². The van der Waals surface area contributed by atoms with Gasteiger partial charge >= 0.3 is 0 Å². The van der Waals surface area contributed by atoms with Gasteiger partial charge < -0.3 is 15.0 Å². The Labute approximate surface area is 157 Å². The molecule has 1 aromatic heterocycles. The Morgan fingerprint density at radius 1 is 1.27 bits per heavy atom. The molecule has 1 fully saturated rings. The van der Waals surface area contributed by atoms with Crippen molar-refractivity contribution in [2.75, 3.05) is 31.2 Å². The molecule has 0 aliphatic carbocycles. The minimum absolute atomic E-state index is 0.0740. The van der Waals surface area contributed by atoms with Crippen LogP contribution in [0, 0.1) is 5.82 Å². The molecule has 0 atom stereocenters. The van der Waals surface area contributed by atoms with Crippen molar-refractivity contribution in [3.8, 4) is 0 Å². The third kappa shape index (κ3) is 5.16. The SMILES string of the molecule is O=C(CCc1ccnc(N2CCOCC2)c1)NCc1ccc(F)cc1Cl. The second-order valence-corrected chi connectivity index (χ2v) is 6.54. The molecule has 1 aliphatic rings. The number of rotatable bonds is 6. The number of amides is 1. The number of pyridine rings is 1. The van der Waals surface area contributed by atoms with Crippen molar-refractivity contribution in [3.63, 3.8) is 0 Å². The molecule has 1 amide bonds. The van der Waals surface area contributed by atoms with Crippen molar-refractivity contribution < 1.29 is 13.9 Å². The van der Waals surface area contributed by atoms with Crippen LogP contribution in [0.15, 0.2) is 36.5 Å². The zero-order valence-corrected chi connectivity index (χ0v) is 15.1. The summed E-state index contributed by atoms with van der Waals surface area (Å²) in [7, 11) is 0. The maximum Gasteiger partial charge on any atom is 0.220 e. The van der Waals surface area contributed by atoms with E-state index in [-0.39, 0.29) is 18.3 Å².